The lowest BCUT2D eigenvalue weighted by Gasteiger charge is -2.37. The first-order chi connectivity index (χ1) is 16.1. The van der Waals surface area contributed by atoms with E-state index in [0.717, 1.165) is 42.3 Å². The molecule has 2 aromatic carbocycles. The van der Waals surface area contributed by atoms with Gasteiger partial charge in [0.25, 0.3) is 5.91 Å². The van der Waals surface area contributed by atoms with Gasteiger partial charge >= 0.3 is 0 Å². The number of ether oxygens (including phenoxy) is 1. The molecule has 0 N–H and O–H groups in total. The molecule has 6 rings (SSSR count). The molecule has 0 radical (unpaired) electrons. The number of halogens is 1. The van der Waals surface area contributed by atoms with Gasteiger partial charge in [0.05, 0.1) is 18.8 Å². The van der Waals surface area contributed by atoms with Crippen LogP contribution in [0.5, 0.6) is 0 Å². The van der Waals surface area contributed by atoms with Crippen molar-refractivity contribution >= 4 is 17.5 Å². The first-order valence-electron chi connectivity index (χ1n) is 11.2. The maximum atomic E-state index is 13.2. The Bertz CT molecular complexity index is 1210. The molecule has 2 fully saturated rings. The number of amides is 1. The van der Waals surface area contributed by atoms with Crippen molar-refractivity contribution in [2.45, 2.75) is 12.3 Å². The first kappa shape index (κ1) is 20.8. The molecule has 8 nitrogen and oxygen atoms in total. The minimum absolute atomic E-state index is 0.119. The van der Waals surface area contributed by atoms with Gasteiger partial charge < -0.3 is 14.5 Å². The number of hydrogen-bond acceptors (Lipinski definition) is 6. The number of piperazine rings is 1. The molecular weight excluding hydrogens is 440 g/mol. The van der Waals surface area contributed by atoms with Crippen molar-refractivity contribution in [1.29, 1.82) is 0 Å². The zero-order valence-corrected chi connectivity index (χ0v) is 19.2. The van der Waals surface area contributed by atoms with E-state index in [0.29, 0.717) is 31.3 Å². The number of hydrogen-bond donors (Lipinski definition) is 0. The number of fused-ring (bicyclic) bond motifs is 5. The van der Waals surface area contributed by atoms with Gasteiger partial charge in [-0.15, -0.1) is 5.10 Å². The number of benzene rings is 2. The van der Waals surface area contributed by atoms with Crippen LogP contribution in [-0.4, -0.2) is 81.7 Å². The minimum Gasteiger partial charge on any atom is -0.350 e. The van der Waals surface area contributed by atoms with E-state index in [1.54, 1.807) is 4.68 Å². The fourth-order valence-electron chi connectivity index (χ4n) is 5.09. The Morgan fingerprint density at radius 1 is 1.06 bits per heavy atom. The van der Waals surface area contributed by atoms with Crippen LogP contribution in [0.1, 0.15) is 27.6 Å². The van der Waals surface area contributed by atoms with E-state index in [-0.39, 0.29) is 11.7 Å². The van der Waals surface area contributed by atoms with E-state index in [2.05, 4.69) is 29.0 Å². The SMILES string of the molecule is CN1CCN(C(=O)c2nc3n(n2)-c2ccc(Cl)cc2C2(c4ccccc4)OCCN2C3)CC1. The highest BCUT2D eigenvalue weighted by Crippen LogP contribution is 2.46. The molecule has 1 aromatic heterocycles. The van der Waals surface area contributed by atoms with E-state index in [9.17, 15) is 4.79 Å². The fourth-order valence-corrected chi connectivity index (χ4v) is 5.26. The van der Waals surface area contributed by atoms with Gasteiger partial charge in [-0.05, 0) is 25.2 Å². The molecule has 0 saturated carbocycles. The summed E-state index contributed by atoms with van der Waals surface area (Å²) in [5, 5.41) is 5.33. The standard InChI is InChI=1S/C24H25ClN6O2/c1-28-9-11-29(12-10-28)23(32)22-26-21-16-30-13-14-33-24(30,17-5-3-2-4-6-17)19-15-18(25)7-8-20(19)31(21)27-22/h2-8,15H,9-14,16H2,1H3. The Morgan fingerprint density at radius 3 is 2.64 bits per heavy atom. The average molecular weight is 465 g/mol. The van der Waals surface area contributed by atoms with Crippen molar-refractivity contribution in [3.05, 3.63) is 76.3 Å². The quantitative estimate of drug-likeness (QED) is 0.580. The van der Waals surface area contributed by atoms with E-state index in [1.807, 2.05) is 41.3 Å². The Hall–Kier alpha value is -2.78. The van der Waals surface area contributed by atoms with E-state index in [1.165, 1.54) is 0 Å². The summed E-state index contributed by atoms with van der Waals surface area (Å²) in [5.41, 5.74) is 1.98. The third-order valence-electron chi connectivity index (χ3n) is 6.82. The predicted octanol–water partition coefficient (Wildman–Crippen LogP) is 2.36. The lowest BCUT2D eigenvalue weighted by molar-refractivity contribution is -0.0551. The Kier molecular flexibility index (Phi) is 4.99. The highest BCUT2D eigenvalue weighted by molar-refractivity contribution is 6.30. The van der Waals surface area contributed by atoms with Crippen LogP contribution < -0.4 is 0 Å². The van der Waals surface area contributed by atoms with Gasteiger partial charge in [-0.25, -0.2) is 9.67 Å². The van der Waals surface area contributed by atoms with Gasteiger partial charge in [0.2, 0.25) is 5.82 Å². The number of nitrogens with zero attached hydrogens (tertiary/aromatic N) is 6. The third-order valence-corrected chi connectivity index (χ3v) is 7.06. The molecule has 0 aliphatic carbocycles. The van der Waals surface area contributed by atoms with Crippen molar-refractivity contribution < 1.29 is 9.53 Å². The van der Waals surface area contributed by atoms with Crippen LogP contribution in [0.4, 0.5) is 0 Å². The van der Waals surface area contributed by atoms with Crippen LogP contribution in [0.15, 0.2) is 48.5 Å². The molecule has 1 amide bonds. The molecule has 170 valence electrons. The molecule has 3 aromatic rings. The summed E-state index contributed by atoms with van der Waals surface area (Å²) in [6, 6.07) is 15.9. The molecule has 33 heavy (non-hydrogen) atoms. The molecule has 1 atom stereocenters. The molecule has 4 heterocycles. The van der Waals surface area contributed by atoms with Crippen LogP contribution in [0.25, 0.3) is 5.69 Å². The summed E-state index contributed by atoms with van der Waals surface area (Å²) in [6.45, 7) is 4.89. The summed E-state index contributed by atoms with van der Waals surface area (Å²) in [6.07, 6.45) is 0. The Balaban J connectivity index is 1.48. The van der Waals surface area contributed by atoms with Gasteiger partial charge in [0, 0.05) is 48.9 Å². The number of carbonyl (C=O) groups is 1. The maximum Gasteiger partial charge on any atom is 0.293 e. The Labute approximate surface area is 197 Å². The van der Waals surface area contributed by atoms with E-state index < -0.39 is 5.72 Å². The van der Waals surface area contributed by atoms with Gasteiger partial charge in [-0.1, -0.05) is 41.9 Å². The highest BCUT2D eigenvalue weighted by atomic mass is 35.5. The van der Waals surface area contributed by atoms with Crippen molar-refractivity contribution in [1.82, 2.24) is 29.5 Å². The van der Waals surface area contributed by atoms with Gasteiger partial charge in [0.15, 0.2) is 5.72 Å². The van der Waals surface area contributed by atoms with Gasteiger partial charge in [-0.2, -0.15) is 0 Å². The fraction of sp³-hybridized carbons (Fsp3) is 0.375. The zero-order chi connectivity index (χ0) is 22.6. The molecule has 0 spiro atoms. The monoisotopic (exact) mass is 464 g/mol. The normalized spacial score (nSPS) is 23.0. The second-order valence-electron chi connectivity index (χ2n) is 8.80. The van der Waals surface area contributed by atoms with Crippen molar-refractivity contribution in [2.24, 2.45) is 0 Å². The molecular formula is C24H25ClN6O2. The summed E-state index contributed by atoms with van der Waals surface area (Å²) in [4.78, 5) is 24.2. The van der Waals surface area contributed by atoms with Crippen LogP contribution in [0, 0.1) is 0 Å². The van der Waals surface area contributed by atoms with Crippen molar-refractivity contribution in [2.75, 3.05) is 46.4 Å². The first-order valence-corrected chi connectivity index (χ1v) is 11.6. The third kappa shape index (κ3) is 3.28. The molecule has 3 aliphatic rings. The number of likely N-dealkylation sites (N-methyl/N-ethyl adjacent to an activating group) is 1. The number of aromatic nitrogens is 3. The molecule has 2 saturated heterocycles. The van der Waals surface area contributed by atoms with Crippen LogP contribution >= 0.6 is 11.6 Å². The second kappa shape index (κ2) is 7.92. The summed E-state index contributed by atoms with van der Waals surface area (Å²) >= 11 is 6.48. The van der Waals surface area contributed by atoms with Crippen LogP contribution in [0.2, 0.25) is 5.02 Å². The summed E-state index contributed by atoms with van der Waals surface area (Å²) in [7, 11) is 2.07. The summed E-state index contributed by atoms with van der Waals surface area (Å²) < 4.78 is 8.29. The largest absolute Gasteiger partial charge is 0.350 e. The smallest absolute Gasteiger partial charge is 0.293 e. The van der Waals surface area contributed by atoms with Gasteiger partial charge in [-0.3, -0.25) is 9.69 Å². The maximum absolute atomic E-state index is 13.2. The zero-order valence-electron chi connectivity index (χ0n) is 18.4. The lowest BCUT2D eigenvalue weighted by atomic mass is 9.92. The van der Waals surface area contributed by atoms with E-state index >= 15 is 0 Å². The molecule has 0 bridgehead atoms. The molecule has 1 unspecified atom stereocenters. The number of rotatable bonds is 2. The van der Waals surface area contributed by atoms with Crippen molar-refractivity contribution in [3.8, 4) is 5.69 Å². The molecule has 3 aliphatic heterocycles. The van der Waals surface area contributed by atoms with Crippen LogP contribution in [-0.2, 0) is 17.0 Å². The predicted molar refractivity (Wildman–Crippen MR) is 123 cm³/mol. The average Bonchev–Trinajstić information content (AvgIpc) is 3.43. The highest BCUT2D eigenvalue weighted by Gasteiger charge is 2.49. The lowest BCUT2D eigenvalue weighted by Crippen LogP contribution is -2.47. The van der Waals surface area contributed by atoms with Crippen molar-refractivity contribution in [3.63, 3.8) is 0 Å². The number of carbonyl (C=O) groups excluding carboxylic acids is 1. The minimum atomic E-state index is -0.786. The van der Waals surface area contributed by atoms with E-state index in [4.69, 9.17) is 26.4 Å². The second-order valence-corrected chi connectivity index (χ2v) is 9.24. The van der Waals surface area contributed by atoms with Crippen LogP contribution in [0.3, 0.4) is 0 Å². The summed E-state index contributed by atoms with van der Waals surface area (Å²) in [5.74, 6) is 0.841. The Morgan fingerprint density at radius 2 is 1.85 bits per heavy atom. The van der Waals surface area contributed by atoms with Gasteiger partial charge in [0.1, 0.15) is 5.82 Å². The molecule has 9 heteroatoms. The topological polar surface area (TPSA) is 66.7 Å².